The fourth-order valence-corrected chi connectivity index (χ4v) is 3.74. The number of carbonyl (C=O) groups excluding carboxylic acids is 1. The Morgan fingerprint density at radius 3 is 2.80 bits per heavy atom. The van der Waals surface area contributed by atoms with Crippen molar-refractivity contribution in [2.75, 3.05) is 24.3 Å². The van der Waals surface area contributed by atoms with E-state index in [9.17, 15) is 4.79 Å². The molecule has 0 bridgehead atoms. The highest BCUT2D eigenvalue weighted by Gasteiger charge is 2.44. The van der Waals surface area contributed by atoms with E-state index >= 15 is 0 Å². The maximum atomic E-state index is 12.0. The molecule has 1 saturated carbocycles. The summed E-state index contributed by atoms with van der Waals surface area (Å²) in [6.07, 6.45) is 4.26. The second-order valence-corrected chi connectivity index (χ2v) is 6.32. The summed E-state index contributed by atoms with van der Waals surface area (Å²) < 4.78 is 0. The number of hydrogen-bond acceptors (Lipinski definition) is 3. The highest BCUT2D eigenvalue weighted by Crippen LogP contribution is 2.49. The lowest BCUT2D eigenvalue weighted by atomic mass is 10.0. The van der Waals surface area contributed by atoms with Gasteiger partial charge < -0.3 is 4.90 Å². The van der Waals surface area contributed by atoms with Gasteiger partial charge in [-0.15, -0.1) is 0 Å². The Morgan fingerprint density at radius 2 is 2.33 bits per heavy atom. The van der Waals surface area contributed by atoms with E-state index in [0.717, 1.165) is 11.5 Å². The molecule has 0 aromatic rings. The third-order valence-corrected chi connectivity index (χ3v) is 5.48. The van der Waals surface area contributed by atoms with Gasteiger partial charge in [0.1, 0.15) is 0 Å². The minimum absolute atomic E-state index is 0.264. The van der Waals surface area contributed by atoms with Crippen LogP contribution in [0.2, 0.25) is 0 Å². The van der Waals surface area contributed by atoms with Crippen molar-refractivity contribution >= 4 is 30.3 Å². The van der Waals surface area contributed by atoms with Crippen molar-refractivity contribution in [3.8, 4) is 0 Å². The minimum atomic E-state index is 0.264. The van der Waals surface area contributed by atoms with Crippen molar-refractivity contribution in [2.45, 2.75) is 31.7 Å². The molecule has 1 unspecified atom stereocenters. The van der Waals surface area contributed by atoms with Crippen LogP contribution in [-0.2, 0) is 4.79 Å². The molecule has 1 saturated heterocycles. The van der Waals surface area contributed by atoms with Crippen LogP contribution < -0.4 is 0 Å². The molecule has 2 fully saturated rings. The van der Waals surface area contributed by atoms with Gasteiger partial charge in [0.05, 0.1) is 0 Å². The third-order valence-electron chi connectivity index (χ3n) is 3.67. The molecule has 0 spiro atoms. The molecule has 0 N–H and O–H groups in total. The van der Waals surface area contributed by atoms with Crippen molar-refractivity contribution < 1.29 is 4.79 Å². The van der Waals surface area contributed by atoms with Crippen LogP contribution in [0.1, 0.15) is 25.7 Å². The molecule has 0 aromatic carbocycles. The molecule has 0 aromatic heterocycles. The minimum Gasteiger partial charge on any atom is -0.342 e. The van der Waals surface area contributed by atoms with Gasteiger partial charge in [0.15, 0.2) is 0 Å². The lowest BCUT2D eigenvalue weighted by Crippen LogP contribution is -2.38. The van der Waals surface area contributed by atoms with Crippen LogP contribution in [0.5, 0.6) is 0 Å². The number of rotatable bonds is 4. The molecule has 2 aliphatic rings. The fourth-order valence-electron chi connectivity index (χ4n) is 2.04. The maximum Gasteiger partial charge on any atom is 0.223 e. The molecule has 1 aliphatic heterocycles. The third kappa shape index (κ3) is 2.64. The van der Waals surface area contributed by atoms with E-state index in [1.807, 2.05) is 23.7 Å². The molecule has 1 aliphatic carbocycles. The van der Waals surface area contributed by atoms with Crippen LogP contribution in [0.25, 0.3) is 0 Å². The molecule has 0 radical (unpaired) electrons. The van der Waals surface area contributed by atoms with E-state index in [4.69, 9.17) is 0 Å². The topological polar surface area (TPSA) is 20.3 Å². The second-order valence-electron chi connectivity index (χ2n) is 4.86. The molecular weight excluding hydrogens is 226 g/mol. The van der Waals surface area contributed by atoms with Crippen molar-refractivity contribution in [3.05, 3.63) is 0 Å². The zero-order valence-electron chi connectivity index (χ0n) is 9.24. The summed E-state index contributed by atoms with van der Waals surface area (Å²) in [5, 5.41) is 0. The molecule has 15 heavy (non-hydrogen) atoms. The predicted octanol–water partition coefficient (Wildman–Crippen LogP) is 2.05. The van der Waals surface area contributed by atoms with Gasteiger partial charge in [0.25, 0.3) is 0 Å². The first-order valence-electron chi connectivity index (χ1n) is 5.61. The summed E-state index contributed by atoms with van der Waals surface area (Å²) in [4.78, 5) is 14.0. The van der Waals surface area contributed by atoms with E-state index in [1.54, 1.807) is 0 Å². The first-order chi connectivity index (χ1) is 7.17. The highest BCUT2D eigenvalue weighted by atomic mass is 32.2. The van der Waals surface area contributed by atoms with Gasteiger partial charge in [0, 0.05) is 25.3 Å². The number of amides is 1. The summed E-state index contributed by atoms with van der Waals surface area (Å²) in [6, 6.07) is 0.484. The smallest absolute Gasteiger partial charge is 0.223 e. The van der Waals surface area contributed by atoms with Crippen LogP contribution in [0.3, 0.4) is 0 Å². The molecule has 1 amide bonds. The Morgan fingerprint density at radius 1 is 1.60 bits per heavy atom. The van der Waals surface area contributed by atoms with E-state index in [2.05, 4.69) is 12.6 Å². The Labute approximate surface area is 102 Å². The van der Waals surface area contributed by atoms with Crippen LogP contribution >= 0.6 is 24.4 Å². The Hall–Kier alpha value is 0.170. The van der Waals surface area contributed by atoms with Gasteiger partial charge in [-0.3, -0.25) is 4.79 Å². The molecular formula is C11H19NOS2. The van der Waals surface area contributed by atoms with Crippen LogP contribution in [0.4, 0.5) is 0 Å². The molecule has 4 heteroatoms. The van der Waals surface area contributed by atoms with Crippen molar-refractivity contribution in [1.82, 2.24) is 4.90 Å². The molecule has 2 rings (SSSR count). The van der Waals surface area contributed by atoms with E-state index in [0.29, 0.717) is 18.4 Å². The quantitative estimate of drug-likeness (QED) is 0.765. The van der Waals surface area contributed by atoms with E-state index < -0.39 is 0 Å². The first-order valence-corrected chi connectivity index (χ1v) is 7.40. The predicted molar refractivity (Wildman–Crippen MR) is 68.6 cm³/mol. The lowest BCUT2D eigenvalue weighted by molar-refractivity contribution is -0.132. The van der Waals surface area contributed by atoms with Gasteiger partial charge in [-0.05, 0) is 36.2 Å². The Balaban J connectivity index is 1.84. The average molecular weight is 245 g/mol. The monoisotopic (exact) mass is 245 g/mol. The van der Waals surface area contributed by atoms with Crippen LogP contribution in [-0.4, -0.2) is 41.2 Å². The molecule has 86 valence electrons. The van der Waals surface area contributed by atoms with Crippen molar-refractivity contribution in [1.29, 1.82) is 0 Å². The van der Waals surface area contributed by atoms with Crippen LogP contribution in [0, 0.1) is 5.41 Å². The highest BCUT2D eigenvalue weighted by molar-refractivity contribution is 7.99. The zero-order valence-corrected chi connectivity index (χ0v) is 10.9. The zero-order chi connectivity index (χ0) is 10.9. The number of hydrogen-bond donors (Lipinski definition) is 1. The van der Waals surface area contributed by atoms with Gasteiger partial charge in [-0.2, -0.15) is 24.4 Å². The first kappa shape index (κ1) is 11.6. The number of nitrogens with zero attached hydrogens (tertiary/aromatic N) is 1. The van der Waals surface area contributed by atoms with Crippen molar-refractivity contribution in [3.63, 3.8) is 0 Å². The summed E-state index contributed by atoms with van der Waals surface area (Å²) in [7, 11) is 1.97. The molecule has 1 atom stereocenters. The maximum absolute atomic E-state index is 12.0. The summed E-state index contributed by atoms with van der Waals surface area (Å²) in [5.41, 5.74) is 0.264. The van der Waals surface area contributed by atoms with Crippen LogP contribution in [0.15, 0.2) is 0 Å². The molecule has 1 heterocycles. The standard InChI is InChI=1S/C11H19NOS2/c1-12(9-2-5-15-7-9)10(13)6-11(8-14)3-4-11/h9,14H,2-8H2,1H3. The Bertz CT molecular complexity index is 247. The largest absolute Gasteiger partial charge is 0.342 e. The number of thiol groups is 1. The van der Waals surface area contributed by atoms with Gasteiger partial charge in [-0.1, -0.05) is 0 Å². The van der Waals surface area contributed by atoms with Gasteiger partial charge in [0.2, 0.25) is 5.91 Å². The fraction of sp³-hybridized carbons (Fsp3) is 0.909. The molecule has 2 nitrogen and oxygen atoms in total. The van der Waals surface area contributed by atoms with Gasteiger partial charge in [-0.25, -0.2) is 0 Å². The van der Waals surface area contributed by atoms with Crippen molar-refractivity contribution in [2.24, 2.45) is 5.41 Å². The second kappa shape index (κ2) is 4.58. The van der Waals surface area contributed by atoms with Gasteiger partial charge >= 0.3 is 0 Å². The normalized spacial score (nSPS) is 27.7. The number of carbonyl (C=O) groups is 1. The summed E-state index contributed by atoms with van der Waals surface area (Å²) >= 11 is 6.30. The average Bonchev–Trinajstić information content (AvgIpc) is 2.81. The van der Waals surface area contributed by atoms with E-state index in [1.165, 1.54) is 25.0 Å². The summed E-state index contributed by atoms with van der Waals surface area (Å²) in [5.74, 6) is 3.52. The summed E-state index contributed by atoms with van der Waals surface area (Å²) in [6.45, 7) is 0. The van der Waals surface area contributed by atoms with E-state index in [-0.39, 0.29) is 5.41 Å². The Kier molecular flexibility index (Phi) is 3.56. The number of thioether (sulfide) groups is 1. The SMILES string of the molecule is CN(C(=O)CC1(CS)CC1)C1CCSC1. The lowest BCUT2D eigenvalue weighted by Gasteiger charge is -2.25.